The summed E-state index contributed by atoms with van der Waals surface area (Å²) in [6.45, 7) is 3.41. The fourth-order valence-corrected chi connectivity index (χ4v) is 3.02. The van der Waals surface area contributed by atoms with Crippen LogP contribution in [0.4, 0.5) is 4.20 Å². The Balaban J connectivity index is 3.36. The van der Waals surface area contributed by atoms with Gasteiger partial charge in [-0.3, -0.25) is 0 Å². The van der Waals surface area contributed by atoms with E-state index in [1.165, 1.54) is 18.0 Å². The lowest BCUT2D eigenvalue weighted by Crippen LogP contribution is -1.61. The summed E-state index contributed by atoms with van der Waals surface area (Å²) >= 11 is 5.74. The van der Waals surface area contributed by atoms with Crippen molar-refractivity contribution < 1.29 is 4.20 Å². The molecule has 0 bridgehead atoms. The normalized spacial score (nSPS) is 18.7. The highest BCUT2D eigenvalue weighted by Gasteiger charge is 2.03. The van der Waals surface area contributed by atoms with Crippen LogP contribution in [0.25, 0.3) is 0 Å². The molecule has 1 unspecified atom stereocenters. The first-order valence-corrected chi connectivity index (χ1v) is 6.71. The predicted molar refractivity (Wildman–Crippen MR) is 39.4 cm³/mol. The molecule has 0 nitrogen and oxygen atoms in total. The molecule has 0 aliphatic heterocycles. The zero-order valence-corrected chi connectivity index (χ0v) is 6.88. The average molecular weight is 158 g/mol. The zero-order chi connectivity index (χ0) is 5.91. The van der Waals surface area contributed by atoms with E-state index in [4.69, 9.17) is 0 Å². The van der Waals surface area contributed by atoms with Crippen molar-refractivity contribution in [3.8, 4) is 0 Å². The van der Waals surface area contributed by atoms with E-state index in [0.29, 0.717) is 0 Å². The molecule has 0 rings (SSSR count). The van der Waals surface area contributed by atoms with Crippen LogP contribution in [0.2, 0.25) is 0 Å². The molecule has 4 heteroatoms. The van der Waals surface area contributed by atoms with E-state index < -0.39 is 5.55 Å². The third-order valence-electron chi connectivity index (χ3n) is 0.360. The fourth-order valence-electron chi connectivity index (χ4n) is 0.231. The second-order valence-electron chi connectivity index (χ2n) is 1.16. The van der Waals surface area contributed by atoms with Crippen LogP contribution in [0.15, 0.2) is 0 Å². The largest absolute Gasteiger partial charge is 0.207 e. The Morgan fingerprint density at radius 1 is 1.86 bits per heavy atom. The minimum atomic E-state index is -2.42. The monoisotopic (exact) mass is 158 g/mol. The quantitative estimate of drug-likeness (QED) is 0.566. The Morgan fingerprint density at radius 2 is 2.29 bits per heavy atom. The molecule has 0 aliphatic rings. The van der Waals surface area contributed by atoms with Gasteiger partial charge in [0.25, 0.3) is 0 Å². The summed E-state index contributed by atoms with van der Waals surface area (Å²) in [7, 11) is 0. The lowest BCUT2D eigenvalue weighted by molar-refractivity contribution is 0.916. The number of halogens is 1. The maximum absolute atomic E-state index is 12.3. The van der Waals surface area contributed by atoms with Gasteiger partial charge in [0.05, 0.1) is 0 Å². The molecule has 44 valence electrons. The van der Waals surface area contributed by atoms with Crippen LogP contribution < -0.4 is 0 Å². The van der Waals surface area contributed by atoms with Gasteiger partial charge in [0.15, 0.2) is 5.55 Å². The molecule has 0 aromatic heterocycles. The third kappa shape index (κ3) is 6.93. The first-order valence-electron chi connectivity index (χ1n) is 1.98. The highest BCUT2D eigenvalue weighted by Crippen LogP contribution is 2.56. The van der Waals surface area contributed by atoms with E-state index >= 15 is 0 Å². The first kappa shape index (κ1) is 7.93. The van der Waals surface area contributed by atoms with E-state index in [9.17, 15) is 4.20 Å². The zero-order valence-electron chi connectivity index (χ0n) is 4.35. The van der Waals surface area contributed by atoms with Gasteiger partial charge < -0.3 is 0 Å². The third-order valence-corrected chi connectivity index (χ3v) is 4.19. The Kier molecular flexibility index (Phi) is 3.46. The van der Waals surface area contributed by atoms with Gasteiger partial charge in [0.1, 0.15) is 0 Å². The van der Waals surface area contributed by atoms with E-state index in [1.54, 1.807) is 0 Å². The van der Waals surface area contributed by atoms with Crippen LogP contribution >= 0.6 is 16.9 Å². The van der Waals surface area contributed by atoms with Crippen molar-refractivity contribution in [3.05, 3.63) is 0 Å². The molecule has 7 heavy (non-hydrogen) atoms. The average Bonchev–Trinajstić information content (AvgIpc) is 1.30. The van der Waals surface area contributed by atoms with Crippen molar-refractivity contribution >= 4 is 28.7 Å². The van der Waals surface area contributed by atoms with Crippen LogP contribution in [0.5, 0.6) is 0 Å². The van der Waals surface area contributed by atoms with Crippen molar-refractivity contribution in [2.24, 2.45) is 0 Å². The topological polar surface area (TPSA) is 0 Å². The molecule has 0 saturated carbocycles. The van der Waals surface area contributed by atoms with E-state index in [0.717, 1.165) is 5.75 Å². The van der Waals surface area contributed by atoms with Crippen molar-refractivity contribution in [1.82, 2.24) is 0 Å². The van der Waals surface area contributed by atoms with Gasteiger partial charge in [-0.2, -0.15) is 0 Å². The molecule has 0 amide bonds. The Morgan fingerprint density at radius 3 is 2.29 bits per heavy atom. The molecule has 0 radical (unpaired) electrons. The highest BCUT2D eigenvalue weighted by atomic mass is 32.9. The van der Waals surface area contributed by atoms with Crippen LogP contribution in [0, 0.1) is 0 Å². The first-order chi connectivity index (χ1) is 3.06. The molecular formula is C3H8FPS2. The second-order valence-corrected chi connectivity index (χ2v) is 9.08. The van der Waals surface area contributed by atoms with Gasteiger partial charge in [-0.1, -0.05) is 30.1 Å². The summed E-state index contributed by atoms with van der Waals surface area (Å²) in [4.78, 5) is 0. The lowest BCUT2D eigenvalue weighted by Gasteiger charge is -1.98. The molecular weight excluding hydrogens is 150 g/mol. The molecule has 0 aromatic carbocycles. The Bertz CT molecular complexity index is 86.9. The maximum atomic E-state index is 12.3. The van der Waals surface area contributed by atoms with E-state index in [1.807, 2.05) is 6.92 Å². The fraction of sp³-hybridized carbons (Fsp3) is 1.00. The van der Waals surface area contributed by atoms with Gasteiger partial charge >= 0.3 is 0 Å². The highest BCUT2D eigenvalue weighted by molar-refractivity contribution is 8.69. The standard InChI is InChI=1S/C3H8FPS2/c1-3-7-5(2,4)6/h3H2,1-2H3. The number of rotatable bonds is 2. The minimum absolute atomic E-state index is 0.796. The Hall–Kier alpha value is 0.930. The summed E-state index contributed by atoms with van der Waals surface area (Å²) in [6, 6.07) is 0. The summed E-state index contributed by atoms with van der Waals surface area (Å²) < 4.78 is 12.3. The molecule has 0 heterocycles. The van der Waals surface area contributed by atoms with Gasteiger partial charge in [0, 0.05) is 6.66 Å². The Labute approximate surface area is 52.7 Å². The summed E-state index contributed by atoms with van der Waals surface area (Å²) in [5.74, 6) is 0.796. The van der Waals surface area contributed by atoms with Gasteiger partial charge in [-0.05, 0) is 5.75 Å². The molecule has 0 aliphatic carbocycles. The lowest BCUT2D eigenvalue weighted by atomic mass is 11.0. The van der Waals surface area contributed by atoms with E-state index in [2.05, 4.69) is 11.8 Å². The van der Waals surface area contributed by atoms with Crippen LogP contribution in [0.3, 0.4) is 0 Å². The molecule has 0 fully saturated rings. The number of hydrogen-bond donors (Lipinski definition) is 0. The summed E-state index contributed by atoms with van der Waals surface area (Å²) in [5.41, 5.74) is -2.42. The van der Waals surface area contributed by atoms with Gasteiger partial charge in [-0.25, -0.2) is 4.20 Å². The van der Waals surface area contributed by atoms with E-state index in [-0.39, 0.29) is 0 Å². The molecule has 0 saturated heterocycles. The van der Waals surface area contributed by atoms with Gasteiger partial charge in [0.2, 0.25) is 0 Å². The van der Waals surface area contributed by atoms with Crippen LogP contribution in [0.1, 0.15) is 6.92 Å². The maximum Gasteiger partial charge on any atom is 0.163 e. The number of hydrogen-bond acceptors (Lipinski definition) is 2. The van der Waals surface area contributed by atoms with Crippen molar-refractivity contribution in [2.45, 2.75) is 6.92 Å². The summed E-state index contributed by atoms with van der Waals surface area (Å²) in [5, 5.41) is 0. The van der Waals surface area contributed by atoms with Crippen LogP contribution in [-0.4, -0.2) is 12.4 Å². The smallest absolute Gasteiger partial charge is 0.163 e. The van der Waals surface area contributed by atoms with Crippen molar-refractivity contribution in [2.75, 3.05) is 12.4 Å². The molecule has 1 atom stereocenters. The molecule has 0 aromatic rings. The van der Waals surface area contributed by atoms with Crippen molar-refractivity contribution in [1.29, 1.82) is 0 Å². The SMILES string of the molecule is CCSP(C)(F)=S. The van der Waals surface area contributed by atoms with Gasteiger partial charge in [-0.15, -0.1) is 0 Å². The van der Waals surface area contributed by atoms with Crippen molar-refractivity contribution in [3.63, 3.8) is 0 Å². The minimum Gasteiger partial charge on any atom is -0.207 e. The summed E-state index contributed by atoms with van der Waals surface area (Å²) in [6.07, 6.45) is 0. The molecule has 0 N–H and O–H groups in total. The molecule has 0 spiro atoms. The second kappa shape index (κ2) is 3.06. The predicted octanol–water partition coefficient (Wildman–Crippen LogP) is 2.65. The van der Waals surface area contributed by atoms with Crippen LogP contribution in [-0.2, 0) is 11.8 Å².